The second-order valence-electron chi connectivity index (χ2n) is 7.71. The summed E-state index contributed by atoms with van der Waals surface area (Å²) in [6.45, 7) is 4.12. The maximum absolute atomic E-state index is 12.8. The van der Waals surface area contributed by atoms with Gasteiger partial charge in [-0.3, -0.25) is 14.0 Å². The highest BCUT2D eigenvalue weighted by atomic mass is 32.2. The van der Waals surface area contributed by atoms with Crippen LogP contribution in [0.4, 0.5) is 11.4 Å². The molecule has 4 heterocycles. The summed E-state index contributed by atoms with van der Waals surface area (Å²) in [6.07, 6.45) is 1.90. The molecule has 156 valence electrons. The summed E-state index contributed by atoms with van der Waals surface area (Å²) in [4.78, 5) is 26.6. The Bertz CT molecular complexity index is 1150. The summed E-state index contributed by atoms with van der Waals surface area (Å²) < 4.78 is 13.5. The number of carbonyl (C=O) groups is 1. The number of unbranched alkanes of at least 4 members (excludes halogenated alkanes) is 1. The van der Waals surface area contributed by atoms with Gasteiger partial charge in [0.05, 0.1) is 27.9 Å². The highest BCUT2D eigenvalue weighted by molar-refractivity contribution is 7.87. The second-order valence-corrected chi connectivity index (χ2v) is 10.5. The predicted octanol–water partition coefficient (Wildman–Crippen LogP) is 2.98. The number of nitrogen functional groups attached to an aromatic ring is 1. The molecule has 0 saturated carbocycles. The molecule has 9 heteroatoms. The van der Waals surface area contributed by atoms with Gasteiger partial charge in [0.1, 0.15) is 21.6 Å². The van der Waals surface area contributed by atoms with Gasteiger partial charge < -0.3 is 15.5 Å². The SMILES string of the molecule is CCCCS(=O)c1sc2c(c1N)N=C(c1ccc3c(c1)CN(C)C3=O)N1CCN=C21. The zero-order valence-electron chi connectivity index (χ0n) is 17.0. The molecule has 2 aromatic rings. The van der Waals surface area contributed by atoms with Crippen molar-refractivity contribution >= 4 is 51.1 Å². The van der Waals surface area contributed by atoms with Crippen molar-refractivity contribution in [2.45, 2.75) is 30.5 Å². The topological polar surface area (TPSA) is 91.4 Å². The van der Waals surface area contributed by atoms with Crippen molar-refractivity contribution in [1.29, 1.82) is 0 Å². The van der Waals surface area contributed by atoms with E-state index in [-0.39, 0.29) is 5.91 Å². The number of nitrogens with two attached hydrogens (primary N) is 1. The number of benzene rings is 1. The van der Waals surface area contributed by atoms with Crippen LogP contribution >= 0.6 is 11.3 Å². The zero-order chi connectivity index (χ0) is 21.0. The number of hydrogen-bond donors (Lipinski definition) is 1. The molecule has 0 bridgehead atoms. The van der Waals surface area contributed by atoms with Crippen LogP contribution in [0.2, 0.25) is 0 Å². The average Bonchev–Trinajstić information content (AvgIpc) is 3.42. The molecule has 2 N–H and O–H groups in total. The minimum atomic E-state index is -1.12. The van der Waals surface area contributed by atoms with Crippen molar-refractivity contribution in [2.75, 3.05) is 31.6 Å². The van der Waals surface area contributed by atoms with Crippen LogP contribution in [0.15, 0.2) is 32.4 Å². The maximum Gasteiger partial charge on any atom is 0.254 e. The quantitative estimate of drug-likeness (QED) is 0.772. The molecule has 0 aliphatic carbocycles. The first kappa shape index (κ1) is 19.4. The normalized spacial score (nSPS) is 18.1. The molecule has 0 radical (unpaired) electrons. The molecule has 30 heavy (non-hydrogen) atoms. The van der Waals surface area contributed by atoms with Gasteiger partial charge in [-0.15, -0.1) is 11.3 Å². The van der Waals surface area contributed by atoms with Gasteiger partial charge in [0.25, 0.3) is 5.91 Å². The number of thiophene rings is 1. The van der Waals surface area contributed by atoms with Crippen molar-refractivity contribution in [3.05, 3.63) is 39.8 Å². The Morgan fingerprint density at radius 2 is 2.13 bits per heavy atom. The first-order chi connectivity index (χ1) is 14.5. The number of fused-ring (bicyclic) bond motifs is 4. The number of rotatable bonds is 5. The molecule has 7 nitrogen and oxygen atoms in total. The molecule has 0 spiro atoms. The number of carbonyl (C=O) groups excluding carboxylic acids is 1. The Kier molecular flexibility index (Phi) is 4.74. The summed E-state index contributed by atoms with van der Waals surface area (Å²) in [7, 11) is 0.686. The third kappa shape index (κ3) is 2.91. The van der Waals surface area contributed by atoms with Crippen molar-refractivity contribution in [3.8, 4) is 0 Å². The van der Waals surface area contributed by atoms with Crippen molar-refractivity contribution in [1.82, 2.24) is 9.80 Å². The second kappa shape index (κ2) is 7.31. The van der Waals surface area contributed by atoms with Crippen LogP contribution in [0.5, 0.6) is 0 Å². The van der Waals surface area contributed by atoms with E-state index in [0.717, 1.165) is 52.6 Å². The minimum Gasteiger partial charge on any atom is -0.395 e. The number of aliphatic imine (C=N–C) groups is 2. The summed E-state index contributed by atoms with van der Waals surface area (Å²) in [6, 6.07) is 5.86. The molecule has 0 saturated heterocycles. The number of hydrogen-bond acceptors (Lipinski definition) is 7. The number of anilines is 1. The first-order valence-electron chi connectivity index (χ1n) is 10.1. The summed E-state index contributed by atoms with van der Waals surface area (Å²) in [5, 5.41) is 0. The van der Waals surface area contributed by atoms with Gasteiger partial charge in [0.15, 0.2) is 0 Å². The zero-order valence-corrected chi connectivity index (χ0v) is 18.6. The third-order valence-corrected chi connectivity index (χ3v) is 8.73. The Morgan fingerprint density at radius 1 is 1.30 bits per heavy atom. The minimum absolute atomic E-state index is 0.0501. The Balaban J connectivity index is 1.59. The molecule has 5 rings (SSSR count). The Labute approximate surface area is 181 Å². The highest BCUT2D eigenvalue weighted by Gasteiger charge is 2.35. The van der Waals surface area contributed by atoms with Crippen molar-refractivity contribution in [3.63, 3.8) is 0 Å². The van der Waals surface area contributed by atoms with Gasteiger partial charge in [-0.2, -0.15) is 0 Å². The lowest BCUT2D eigenvalue weighted by Gasteiger charge is -2.26. The molecule has 1 atom stereocenters. The first-order valence-corrected chi connectivity index (χ1v) is 12.2. The standard InChI is InChI=1S/C21H23N5O2S2/c1-3-4-9-30(28)21-15(22)16-17(29-21)19-23-7-8-26(19)18(24-16)12-5-6-14-13(10-12)11-25(2)20(14)27/h5-6,10H,3-4,7-9,11,22H2,1-2H3. The van der Waals surface area contributed by atoms with Crippen LogP contribution in [-0.2, 0) is 17.3 Å². The predicted molar refractivity (Wildman–Crippen MR) is 121 cm³/mol. The van der Waals surface area contributed by atoms with Gasteiger partial charge in [0.2, 0.25) is 0 Å². The van der Waals surface area contributed by atoms with Crippen LogP contribution in [0.3, 0.4) is 0 Å². The van der Waals surface area contributed by atoms with E-state index in [1.807, 2.05) is 25.2 Å². The van der Waals surface area contributed by atoms with E-state index in [9.17, 15) is 9.00 Å². The fraction of sp³-hybridized carbons (Fsp3) is 0.381. The van der Waals surface area contributed by atoms with E-state index in [1.165, 1.54) is 11.3 Å². The smallest absolute Gasteiger partial charge is 0.254 e. The van der Waals surface area contributed by atoms with E-state index in [2.05, 4.69) is 11.8 Å². The number of nitrogens with zero attached hydrogens (tertiary/aromatic N) is 4. The van der Waals surface area contributed by atoms with Crippen LogP contribution in [0.1, 0.15) is 46.1 Å². The van der Waals surface area contributed by atoms with Crippen LogP contribution in [0.25, 0.3) is 0 Å². The summed E-state index contributed by atoms with van der Waals surface area (Å²) in [5.74, 6) is 2.31. The molecular weight excluding hydrogens is 418 g/mol. The molecule has 1 aromatic heterocycles. The molecule has 1 unspecified atom stereocenters. The van der Waals surface area contributed by atoms with Gasteiger partial charge >= 0.3 is 0 Å². The van der Waals surface area contributed by atoms with Gasteiger partial charge in [-0.25, -0.2) is 4.99 Å². The molecule has 1 aromatic carbocycles. The lowest BCUT2D eigenvalue weighted by molar-refractivity contribution is 0.0816. The van der Waals surface area contributed by atoms with Gasteiger partial charge in [-0.1, -0.05) is 19.4 Å². The maximum atomic E-state index is 12.8. The van der Waals surface area contributed by atoms with Gasteiger partial charge in [-0.05, 0) is 24.1 Å². The Hall–Kier alpha value is -2.52. The summed E-state index contributed by atoms with van der Waals surface area (Å²) >= 11 is 1.46. The van der Waals surface area contributed by atoms with Crippen molar-refractivity contribution < 1.29 is 9.00 Å². The van der Waals surface area contributed by atoms with E-state index in [0.29, 0.717) is 34.4 Å². The number of amides is 1. The third-order valence-electron chi connectivity index (χ3n) is 5.64. The van der Waals surface area contributed by atoms with E-state index >= 15 is 0 Å². The average molecular weight is 442 g/mol. The van der Waals surface area contributed by atoms with Crippen molar-refractivity contribution in [2.24, 2.45) is 9.98 Å². The molecule has 3 aliphatic rings. The largest absolute Gasteiger partial charge is 0.395 e. The fourth-order valence-corrected chi connectivity index (χ4v) is 6.91. The Morgan fingerprint density at radius 3 is 2.93 bits per heavy atom. The molecular formula is C21H23N5O2S2. The van der Waals surface area contributed by atoms with E-state index in [1.54, 1.807) is 4.90 Å². The fourth-order valence-electron chi connectivity index (χ4n) is 4.05. The molecule has 3 aliphatic heterocycles. The van der Waals surface area contributed by atoms with E-state index in [4.69, 9.17) is 15.7 Å². The summed E-state index contributed by atoms with van der Waals surface area (Å²) in [5.41, 5.74) is 10.3. The van der Waals surface area contributed by atoms with E-state index < -0.39 is 10.8 Å². The number of amidine groups is 2. The molecule has 1 amide bonds. The van der Waals surface area contributed by atoms with Crippen LogP contribution in [-0.4, -0.2) is 57.5 Å². The monoisotopic (exact) mass is 441 g/mol. The van der Waals surface area contributed by atoms with Gasteiger partial charge in [0, 0.05) is 37.0 Å². The lowest BCUT2D eigenvalue weighted by Crippen LogP contribution is -2.37. The van der Waals surface area contributed by atoms with Crippen LogP contribution < -0.4 is 5.73 Å². The lowest BCUT2D eigenvalue weighted by atomic mass is 10.0. The van der Waals surface area contributed by atoms with Crippen LogP contribution in [0, 0.1) is 0 Å². The molecule has 0 fully saturated rings. The highest BCUT2D eigenvalue weighted by Crippen LogP contribution is 2.45.